The second-order valence-corrected chi connectivity index (χ2v) is 6.93. The number of benzene rings is 1. The van der Waals surface area contributed by atoms with Crippen molar-refractivity contribution in [2.45, 2.75) is 52.6 Å². The topological polar surface area (TPSA) is 75.4 Å². The van der Waals surface area contributed by atoms with Gasteiger partial charge in [-0.2, -0.15) is 0 Å². The summed E-state index contributed by atoms with van der Waals surface area (Å²) in [5.41, 5.74) is 1.26. The molecule has 0 radical (unpaired) electrons. The smallest absolute Gasteiger partial charge is 0.220 e. The van der Waals surface area contributed by atoms with Crippen molar-refractivity contribution in [3.63, 3.8) is 0 Å². The molecule has 2 N–H and O–H groups in total. The molecule has 0 bridgehead atoms. The van der Waals surface area contributed by atoms with Gasteiger partial charge in [0.05, 0.1) is 11.8 Å². The zero-order chi connectivity index (χ0) is 18.4. The molecule has 0 spiro atoms. The van der Waals surface area contributed by atoms with Crippen molar-refractivity contribution < 1.29 is 14.3 Å². The molecule has 0 saturated carbocycles. The molecule has 0 saturated heterocycles. The third-order valence-corrected chi connectivity index (χ3v) is 4.77. The molecule has 0 aliphatic heterocycles. The Bertz CT molecular complexity index is 689. The molecule has 1 amide bonds. The van der Waals surface area contributed by atoms with Gasteiger partial charge in [0.15, 0.2) is 11.7 Å². The van der Waals surface area contributed by atoms with Gasteiger partial charge in [0.25, 0.3) is 0 Å². The van der Waals surface area contributed by atoms with Gasteiger partial charge < -0.3 is 14.8 Å². The summed E-state index contributed by atoms with van der Waals surface area (Å²) in [4.78, 5) is 16.2. The minimum atomic E-state index is -0.897. The van der Waals surface area contributed by atoms with E-state index in [1.54, 1.807) is 13.1 Å². The first kappa shape index (κ1) is 19.2. The molecule has 5 nitrogen and oxygen atoms in total. The van der Waals surface area contributed by atoms with Crippen LogP contribution in [0.3, 0.4) is 0 Å². The molecule has 1 aromatic heterocycles. The summed E-state index contributed by atoms with van der Waals surface area (Å²) in [6.07, 6.45) is 3.26. The molecule has 2 aromatic rings. The van der Waals surface area contributed by atoms with Gasteiger partial charge in [-0.1, -0.05) is 50.1 Å². The van der Waals surface area contributed by atoms with Gasteiger partial charge >= 0.3 is 0 Å². The zero-order valence-electron chi connectivity index (χ0n) is 15.5. The third kappa shape index (κ3) is 5.43. The number of oxazole rings is 1. The zero-order valence-corrected chi connectivity index (χ0v) is 15.5. The molecule has 0 aliphatic rings. The number of aliphatic hydroxyl groups is 1. The van der Waals surface area contributed by atoms with Crippen molar-refractivity contribution in [1.82, 2.24) is 10.3 Å². The number of nitrogens with one attached hydrogen (secondary N) is 1. The van der Waals surface area contributed by atoms with Crippen LogP contribution in [0.4, 0.5) is 0 Å². The summed E-state index contributed by atoms with van der Waals surface area (Å²) in [6, 6.07) is 8.02. The molecule has 2 unspecified atom stereocenters. The van der Waals surface area contributed by atoms with Gasteiger partial charge in [-0.15, -0.1) is 0 Å². The summed E-state index contributed by atoms with van der Waals surface area (Å²) in [6.45, 7) is 8.04. The standard InChI is InChI=1S/C20H28N2O3/c1-5-15(3)20(4,24)13-22-18(23)10-11-19-21-12-17(25-19)16-8-6-14(2)7-9-16/h6-9,12,15,24H,5,10-11,13H2,1-4H3,(H,22,23). The molecule has 5 heteroatoms. The third-order valence-electron chi connectivity index (χ3n) is 4.77. The second-order valence-electron chi connectivity index (χ2n) is 6.93. The summed E-state index contributed by atoms with van der Waals surface area (Å²) < 4.78 is 5.72. The van der Waals surface area contributed by atoms with E-state index in [-0.39, 0.29) is 24.8 Å². The SMILES string of the molecule is CCC(C)C(C)(O)CNC(=O)CCc1ncc(-c2ccc(C)cc2)o1. The molecule has 0 fully saturated rings. The minimum absolute atomic E-state index is 0.112. The normalized spacial score (nSPS) is 14.8. The van der Waals surface area contributed by atoms with Crippen LogP contribution in [0, 0.1) is 12.8 Å². The number of carbonyl (C=O) groups is 1. The van der Waals surface area contributed by atoms with Gasteiger partial charge in [0.2, 0.25) is 5.91 Å². The van der Waals surface area contributed by atoms with Crippen LogP contribution in [-0.4, -0.2) is 28.1 Å². The quantitative estimate of drug-likeness (QED) is 0.768. The minimum Gasteiger partial charge on any atom is -0.441 e. The molecule has 1 aromatic carbocycles. The fourth-order valence-electron chi connectivity index (χ4n) is 2.48. The number of amides is 1. The predicted octanol–water partition coefficient (Wildman–Crippen LogP) is 3.50. The van der Waals surface area contributed by atoms with E-state index < -0.39 is 5.60 Å². The van der Waals surface area contributed by atoms with Crippen LogP contribution in [0.5, 0.6) is 0 Å². The van der Waals surface area contributed by atoms with Crippen LogP contribution in [0.15, 0.2) is 34.9 Å². The molecule has 136 valence electrons. The molecular weight excluding hydrogens is 316 g/mol. The van der Waals surface area contributed by atoms with Crippen molar-refractivity contribution >= 4 is 5.91 Å². The lowest BCUT2D eigenvalue weighted by molar-refractivity contribution is -0.122. The Morgan fingerprint density at radius 2 is 2.04 bits per heavy atom. The molecule has 2 atom stereocenters. The Balaban J connectivity index is 1.83. The Hall–Kier alpha value is -2.14. The fourth-order valence-corrected chi connectivity index (χ4v) is 2.48. The lowest BCUT2D eigenvalue weighted by Gasteiger charge is -2.29. The molecule has 2 rings (SSSR count). The second kappa shape index (κ2) is 8.30. The molecule has 25 heavy (non-hydrogen) atoms. The Morgan fingerprint density at radius 3 is 2.68 bits per heavy atom. The van der Waals surface area contributed by atoms with E-state index in [2.05, 4.69) is 10.3 Å². The first-order chi connectivity index (χ1) is 11.8. The van der Waals surface area contributed by atoms with E-state index in [9.17, 15) is 9.90 Å². The van der Waals surface area contributed by atoms with E-state index in [4.69, 9.17) is 4.42 Å². The highest BCUT2D eigenvalue weighted by molar-refractivity contribution is 5.76. The maximum atomic E-state index is 12.0. The average molecular weight is 344 g/mol. The summed E-state index contributed by atoms with van der Waals surface area (Å²) >= 11 is 0. The first-order valence-corrected chi connectivity index (χ1v) is 8.82. The number of hydrogen-bond acceptors (Lipinski definition) is 4. The number of nitrogens with zero attached hydrogens (tertiary/aromatic N) is 1. The highest BCUT2D eigenvalue weighted by atomic mass is 16.4. The van der Waals surface area contributed by atoms with Crippen LogP contribution in [-0.2, 0) is 11.2 Å². The van der Waals surface area contributed by atoms with E-state index in [0.717, 1.165) is 12.0 Å². The summed E-state index contributed by atoms with van der Waals surface area (Å²) in [5, 5.41) is 13.1. The molecular formula is C20H28N2O3. The Labute approximate surface area is 149 Å². The van der Waals surface area contributed by atoms with Crippen LogP contribution < -0.4 is 5.32 Å². The van der Waals surface area contributed by atoms with Crippen LogP contribution in [0.2, 0.25) is 0 Å². The number of rotatable bonds is 8. The van der Waals surface area contributed by atoms with Crippen LogP contribution in [0.1, 0.15) is 45.1 Å². The van der Waals surface area contributed by atoms with Gasteiger partial charge in [0, 0.05) is 24.9 Å². The van der Waals surface area contributed by atoms with Gasteiger partial charge in [0.1, 0.15) is 0 Å². The number of aryl methyl sites for hydroxylation is 2. The van der Waals surface area contributed by atoms with Crippen molar-refractivity contribution in [2.24, 2.45) is 5.92 Å². The first-order valence-electron chi connectivity index (χ1n) is 8.82. The Kier molecular flexibility index (Phi) is 6.37. The summed E-state index contributed by atoms with van der Waals surface area (Å²) in [5.74, 6) is 1.25. The summed E-state index contributed by atoms with van der Waals surface area (Å²) in [7, 11) is 0. The van der Waals surface area contributed by atoms with E-state index >= 15 is 0 Å². The average Bonchev–Trinajstić information content (AvgIpc) is 3.07. The number of hydrogen-bond donors (Lipinski definition) is 2. The lowest BCUT2D eigenvalue weighted by Crippen LogP contribution is -2.45. The Morgan fingerprint density at radius 1 is 1.36 bits per heavy atom. The number of carbonyl (C=O) groups excluding carboxylic acids is 1. The van der Waals surface area contributed by atoms with Gasteiger partial charge in [-0.25, -0.2) is 4.98 Å². The number of aromatic nitrogens is 1. The van der Waals surface area contributed by atoms with Crippen molar-refractivity contribution in [3.05, 3.63) is 41.9 Å². The maximum Gasteiger partial charge on any atom is 0.220 e. The highest BCUT2D eigenvalue weighted by Crippen LogP contribution is 2.21. The molecule has 1 heterocycles. The largest absolute Gasteiger partial charge is 0.441 e. The van der Waals surface area contributed by atoms with Gasteiger partial charge in [-0.05, 0) is 19.8 Å². The maximum absolute atomic E-state index is 12.0. The van der Waals surface area contributed by atoms with E-state index in [1.165, 1.54) is 5.56 Å². The lowest BCUT2D eigenvalue weighted by atomic mass is 9.88. The van der Waals surface area contributed by atoms with Crippen molar-refractivity contribution in [2.75, 3.05) is 6.54 Å². The van der Waals surface area contributed by atoms with E-state index in [0.29, 0.717) is 18.1 Å². The fraction of sp³-hybridized carbons (Fsp3) is 0.500. The predicted molar refractivity (Wildman–Crippen MR) is 98.1 cm³/mol. The van der Waals surface area contributed by atoms with E-state index in [1.807, 2.05) is 45.0 Å². The molecule has 0 aliphatic carbocycles. The highest BCUT2D eigenvalue weighted by Gasteiger charge is 2.27. The van der Waals surface area contributed by atoms with Crippen molar-refractivity contribution in [1.29, 1.82) is 0 Å². The van der Waals surface area contributed by atoms with Crippen LogP contribution in [0.25, 0.3) is 11.3 Å². The monoisotopic (exact) mass is 344 g/mol. The van der Waals surface area contributed by atoms with Gasteiger partial charge in [-0.3, -0.25) is 4.79 Å². The van der Waals surface area contributed by atoms with Crippen LogP contribution >= 0.6 is 0 Å². The van der Waals surface area contributed by atoms with Crippen molar-refractivity contribution in [3.8, 4) is 11.3 Å².